The zero-order valence-electron chi connectivity index (χ0n) is 11.3. The second-order valence-corrected chi connectivity index (χ2v) is 5.24. The number of nitrogens with zero attached hydrogens (tertiary/aromatic N) is 2. The van der Waals surface area contributed by atoms with Crippen LogP contribution < -0.4 is 10.3 Å². The van der Waals surface area contributed by atoms with E-state index in [-0.39, 0.29) is 5.54 Å². The van der Waals surface area contributed by atoms with E-state index in [1.165, 1.54) is 0 Å². The summed E-state index contributed by atoms with van der Waals surface area (Å²) < 4.78 is 0. The van der Waals surface area contributed by atoms with Crippen LogP contribution in [0.3, 0.4) is 0 Å². The minimum atomic E-state index is -0.102. The van der Waals surface area contributed by atoms with Crippen LogP contribution in [0.1, 0.15) is 20.8 Å². The zero-order chi connectivity index (χ0) is 13.2. The Labute approximate surface area is 109 Å². The van der Waals surface area contributed by atoms with Crippen LogP contribution in [-0.2, 0) is 4.79 Å². The molecule has 4 heteroatoms. The first-order chi connectivity index (χ1) is 8.57. The highest BCUT2D eigenvalue weighted by molar-refractivity contribution is 5.73. The molecule has 2 rings (SSSR count). The summed E-state index contributed by atoms with van der Waals surface area (Å²) in [5, 5.41) is 7.30. The molecule has 18 heavy (non-hydrogen) atoms. The van der Waals surface area contributed by atoms with Gasteiger partial charge in [-0.2, -0.15) is 0 Å². The number of hydrogen-bond donors (Lipinski definition) is 1. The highest BCUT2D eigenvalue weighted by atomic mass is 16.1. The summed E-state index contributed by atoms with van der Waals surface area (Å²) in [7, 11) is 0. The summed E-state index contributed by atoms with van der Waals surface area (Å²) in [6, 6.07) is 10.1. The van der Waals surface area contributed by atoms with Gasteiger partial charge in [-0.15, -0.1) is 0 Å². The van der Waals surface area contributed by atoms with Gasteiger partial charge in [-0.05, 0) is 32.9 Å². The third kappa shape index (κ3) is 2.26. The lowest BCUT2D eigenvalue weighted by Crippen LogP contribution is -2.67. The molecule has 0 radical (unpaired) electrons. The van der Waals surface area contributed by atoms with Crippen molar-refractivity contribution in [3.8, 4) is 0 Å². The molecule has 1 saturated heterocycles. The molecule has 0 aliphatic carbocycles. The SMILES string of the molecule is CC1NCCN(N(C=O)c2ccccc2)C1(C)C. The van der Waals surface area contributed by atoms with Crippen LogP contribution >= 0.6 is 0 Å². The van der Waals surface area contributed by atoms with Crippen LogP contribution in [0.4, 0.5) is 5.69 Å². The molecule has 4 nitrogen and oxygen atoms in total. The molecule has 0 aromatic heterocycles. The summed E-state index contributed by atoms with van der Waals surface area (Å²) in [6.45, 7) is 8.18. The van der Waals surface area contributed by atoms with Crippen molar-refractivity contribution < 1.29 is 4.79 Å². The normalized spacial score (nSPS) is 23.6. The van der Waals surface area contributed by atoms with E-state index >= 15 is 0 Å². The number of hydrazine groups is 1. The number of piperazine rings is 1. The average molecular weight is 247 g/mol. The van der Waals surface area contributed by atoms with Gasteiger partial charge in [-0.25, -0.2) is 10.0 Å². The fraction of sp³-hybridized carbons (Fsp3) is 0.500. The fourth-order valence-electron chi connectivity index (χ4n) is 2.37. The Kier molecular flexibility index (Phi) is 3.68. The molecule has 1 aliphatic heterocycles. The van der Waals surface area contributed by atoms with E-state index in [1.54, 1.807) is 5.01 Å². The van der Waals surface area contributed by atoms with Crippen LogP contribution in [-0.4, -0.2) is 36.1 Å². The first-order valence-corrected chi connectivity index (χ1v) is 6.38. The van der Waals surface area contributed by atoms with Crippen LogP contribution in [0.15, 0.2) is 30.3 Å². The van der Waals surface area contributed by atoms with Crippen LogP contribution in [0.5, 0.6) is 0 Å². The van der Waals surface area contributed by atoms with Crippen LogP contribution in [0, 0.1) is 0 Å². The Morgan fingerprint density at radius 2 is 2.06 bits per heavy atom. The molecule has 98 valence electrons. The zero-order valence-corrected chi connectivity index (χ0v) is 11.3. The van der Waals surface area contributed by atoms with Crippen LogP contribution in [0.2, 0.25) is 0 Å². The number of amides is 1. The third-order valence-electron chi connectivity index (χ3n) is 3.88. The number of hydrogen-bond acceptors (Lipinski definition) is 3. The number of anilines is 1. The van der Waals surface area contributed by atoms with Gasteiger partial charge in [0.1, 0.15) is 0 Å². The molecule has 1 heterocycles. The summed E-state index contributed by atoms with van der Waals surface area (Å²) in [4.78, 5) is 11.5. The van der Waals surface area contributed by atoms with Crippen molar-refractivity contribution in [1.82, 2.24) is 10.3 Å². The molecule has 0 bridgehead atoms. The Hall–Kier alpha value is -1.39. The van der Waals surface area contributed by atoms with Gasteiger partial charge >= 0.3 is 0 Å². The molecular weight excluding hydrogens is 226 g/mol. The quantitative estimate of drug-likeness (QED) is 0.825. The van der Waals surface area contributed by atoms with Gasteiger partial charge in [-0.1, -0.05) is 18.2 Å². The lowest BCUT2D eigenvalue weighted by molar-refractivity contribution is -0.112. The van der Waals surface area contributed by atoms with Gasteiger partial charge in [0.15, 0.2) is 0 Å². The summed E-state index contributed by atoms with van der Waals surface area (Å²) in [5.74, 6) is 0. The van der Waals surface area contributed by atoms with Gasteiger partial charge in [-0.3, -0.25) is 4.79 Å². The Balaban J connectivity index is 2.30. The van der Waals surface area contributed by atoms with E-state index in [0.717, 1.165) is 25.2 Å². The number of para-hydroxylation sites is 1. The first kappa shape index (κ1) is 13.1. The smallest absolute Gasteiger partial charge is 0.228 e. The van der Waals surface area contributed by atoms with E-state index in [1.807, 2.05) is 30.3 Å². The van der Waals surface area contributed by atoms with Crippen molar-refractivity contribution in [1.29, 1.82) is 0 Å². The van der Waals surface area contributed by atoms with E-state index in [2.05, 4.69) is 31.1 Å². The third-order valence-corrected chi connectivity index (χ3v) is 3.88. The van der Waals surface area contributed by atoms with E-state index in [0.29, 0.717) is 6.04 Å². The van der Waals surface area contributed by atoms with E-state index in [4.69, 9.17) is 0 Å². The fourth-order valence-corrected chi connectivity index (χ4v) is 2.37. The molecule has 1 aliphatic rings. The minimum absolute atomic E-state index is 0.102. The van der Waals surface area contributed by atoms with Crippen molar-refractivity contribution in [2.45, 2.75) is 32.4 Å². The van der Waals surface area contributed by atoms with E-state index < -0.39 is 0 Å². The molecule has 1 atom stereocenters. The maximum absolute atomic E-state index is 11.5. The Morgan fingerprint density at radius 1 is 1.39 bits per heavy atom. The molecule has 1 aromatic carbocycles. The Bertz CT molecular complexity index is 405. The van der Waals surface area contributed by atoms with Crippen molar-refractivity contribution in [3.05, 3.63) is 30.3 Å². The maximum Gasteiger partial charge on any atom is 0.228 e. The second-order valence-electron chi connectivity index (χ2n) is 5.24. The van der Waals surface area contributed by atoms with E-state index in [9.17, 15) is 4.79 Å². The summed E-state index contributed by atoms with van der Waals surface area (Å²) >= 11 is 0. The number of benzene rings is 1. The average Bonchev–Trinajstić information content (AvgIpc) is 2.37. The largest absolute Gasteiger partial charge is 0.311 e. The molecule has 0 spiro atoms. The molecule has 1 unspecified atom stereocenters. The van der Waals surface area contributed by atoms with Crippen LogP contribution in [0.25, 0.3) is 0 Å². The topological polar surface area (TPSA) is 35.6 Å². The van der Waals surface area contributed by atoms with Gasteiger partial charge in [0.2, 0.25) is 6.41 Å². The van der Waals surface area contributed by atoms with Gasteiger partial charge < -0.3 is 5.32 Å². The lowest BCUT2D eigenvalue weighted by atomic mass is 9.93. The monoisotopic (exact) mass is 247 g/mol. The predicted octanol–water partition coefficient (Wildman–Crippen LogP) is 1.64. The molecule has 1 amide bonds. The van der Waals surface area contributed by atoms with Crippen molar-refractivity contribution in [2.24, 2.45) is 0 Å². The Morgan fingerprint density at radius 3 is 2.67 bits per heavy atom. The number of rotatable bonds is 3. The van der Waals surface area contributed by atoms with Crippen molar-refractivity contribution in [3.63, 3.8) is 0 Å². The first-order valence-electron chi connectivity index (χ1n) is 6.38. The predicted molar refractivity (Wildman–Crippen MR) is 73.2 cm³/mol. The summed E-state index contributed by atoms with van der Waals surface area (Å²) in [6.07, 6.45) is 0.898. The second kappa shape index (κ2) is 5.08. The molecule has 0 saturated carbocycles. The maximum atomic E-state index is 11.5. The number of carbonyl (C=O) groups excluding carboxylic acids is 1. The number of carbonyl (C=O) groups is 1. The minimum Gasteiger partial charge on any atom is -0.311 e. The lowest BCUT2D eigenvalue weighted by Gasteiger charge is -2.50. The molecule has 1 N–H and O–H groups in total. The molecular formula is C14H21N3O. The summed E-state index contributed by atoms with van der Waals surface area (Å²) in [5.41, 5.74) is 0.810. The molecule has 1 fully saturated rings. The highest BCUT2D eigenvalue weighted by Crippen LogP contribution is 2.26. The standard InChI is InChI=1S/C14H21N3O/c1-12-14(2,3)17(10-9-15-12)16(11-18)13-7-5-4-6-8-13/h4-8,11-12,15H,9-10H2,1-3H3. The molecule has 1 aromatic rings. The highest BCUT2D eigenvalue weighted by Gasteiger charge is 2.39. The van der Waals surface area contributed by atoms with Gasteiger partial charge in [0, 0.05) is 19.1 Å². The van der Waals surface area contributed by atoms with Gasteiger partial charge in [0.05, 0.1) is 11.2 Å². The van der Waals surface area contributed by atoms with Gasteiger partial charge in [0.25, 0.3) is 0 Å². The van der Waals surface area contributed by atoms with Crippen molar-refractivity contribution in [2.75, 3.05) is 18.1 Å². The number of nitrogens with one attached hydrogen (secondary N) is 1. The van der Waals surface area contributed by atoms with Crippen molar-refractivity contribution >= 4 is 12.1 Å².